The molecule has 0 aliphatic rings. The van der Waals surface area contributed by atoms with Gasteiger partial charge in [-0.2, -0.15) is 0 Å². The number of hydrogen-bond acceptors (Lipinski definition) is 1. The SMILES string of the molecule is O=C(/C=C/c1ccc2ccccc2c1)c1ccccc1F. The number of ketones is 1. The molecule has 3 aromatic rings. The van der Waals surface area contributed by atoms with Crippen molar-refractivity contribution in [3.05, 3.63) is 89.8 Å². The Hall–Kier alpha value is -2.74. The molecule has 0 bridgehead atoms. The lowest BCUT2D eigenvalue weighted by molar-refractivity contribution is 0.104. The summed E-state index contributed by atoms with van der Waals surface area (Å²) in [5.74, 6) is -0.827. The Morgan fingerprint density at radius 2 is 1.57 bits per heavy atom. The fourth-order valence-electron chi connectivity index (χ4n) is 2.23. The molecule has 0 aromatic heterocycles. The van der Waals surface area contributed by atoms with Crippen molar-refractivity contribution in [1.82, 2.24) is 0 Å². The van der Waals surface area contributed by atoms with Gasteiger partial charge in [0, 0.05) is 0 Å². The van der Waals surface area contributed by atoms with E-state index in [1.54, 1.807) is 18.2 Å². The summed E-state index contributed by atoms with van der Waals surface area (Å²) < 4.78 is 13.5. The third-order valence-electron chi connectivity index (χ3n) is 3.34. The van der Waals surface area contributed by atoms with Gasteiger partial charge >= 0.3 is 0 Å². The van der Waals surface area contributed by atoms with Crippen LogP contribution >= 0.6 is 0 Å². The number of carbonyl (C=O) groups is 1. The number of hydrogen-bond donors (Lipinski definition) is 0. The molecule has 0 atom stereocenters. The van der Waals surface area contributed by atoms with E-state index >= 15 is 0 Å². The zero-order valence-electron chi connectivity index (χ0n) is 11.3. The Balaban J connectivity index is 1.87. The smallest absolute Gasteiger partial charge is 0.188 e. The average molecular weight is 276 g/mol. The normalized spacial score (nSPS) is 11.1. The van der Waals surface area contributed by atoms with Crippen molar-refractivity contribution < 1.29 is 9.18 Å². The van der Waals surface area contributed by atoms with Crippen molar-refractivity contribution in [2.75, 3.05) is 0 Å². The van der Waals surface area contributed by atoms with Crippen molar-refractivity contribution in [2.24, 2.45) is 0 Å². The topological polar surface area (TPSA) is 17.1 Å². The Kier molecular flexibility index (Phi) is 3.61. The Morgan fingerprint density at radius 3 is 2.38 bits per heavy atom. The molecule has 0 amide bonds. The second-order valence-corrected chi connectivity index (χ2v) is 4.78. The Labute approximate surface area is 122 Å². The highest BCUT2D eigenvalue weighted by Crippen LogP contribution is 2.17. The Morgan fingerprint density at radius 1 is 0.857 bits per heavy atom. The first-order valence-electron chi connectivity index (χ1n) is 6.70. The fourth-order valence-corrected chi connectivity index (χ4v) is 2.23. The van der Waals surface area contributed by atoms with E-state index in [4.69, 9.17) is 0 Å². The second-order valence-electron chi connectivity index (χ2n) is 4.78. The molecule has 0 unspecified atom stereocenters. The van der Waals surface area contributed by atoms with E-state index in [0.717, 1.165) is 16.3 Å². The third kappa shape index (κ3) is 2.90. The summed E-state index contributed by atoms with van der Waals surface area (Å²) in [6, 6.07) is 20.0. The third-order valence-corrected chi connectivity index (χ3v) is 3.34. The summed E-state index contributed by atoms with van der Waals surface area (Å²) in [5, 5.41) is 2.26. The van der Waals surface area contributed by atoms with Gasteiger partial charge in [0.25, 0.3) is 0 Å². The molecule has 0 saturated heterocycles. The molecule has 0 heterocycles. The molecular weight excluding hydrogens is 263 g/mol. The van der Waals surface area contributed by atoms with E-state index in [1.165, 1.54) is 18.2 Å². The molecule has 21 heavy (non-hydrogen) atoms. The standard InChI is InChI=1S/C19H13FO/c20-18-8-4-3-7-17(18)19(21)12-10-14-9-11-15-5-1-2-6-16(15)13-14/h1-13H/b12-10+. The minimum absolute atomic E-state index is 0.0922. The first-order chi connectivity index (χ1) is 10.2. The van der Waals surface area contributed by atoms with Crippen LogP contribution in [0.1, 0.15) is 15.9 Å². The molecule has 0 N–H and O–H groups in total. The number of allylic oxidation sites excluding steroid dienone is 1. The average Bonchev–Trinajstić information content (AvgIpc) is 2.53. The molecule has 102 valence electrons. The molecule has 0 fully saturated rings. The summed E-state index contributed by atoms with van der Waals surface area (Å²) in [7, 11) is 0. The summed E-state index contributed by atoms with van der Waals surface area (Å²) in [6.07, 6.45) is 3.11. The van der Waals surface area contributed by atoms with Crippen LogP contribution in [0.2, 0.25) is 0 Å². The van der Waals surface area contributed by atoms with Crippen LogP contribution in [0.4, 0.5) is 4.39 Å². The van der Waals surface area contributed by atoms with Crippen molar-refractivity contribution >= 4 is 22.6 Å². The summed E-state index contributed by atoms with van der Waals surface area (Å²) in [6.45, 7) is 0. The minimum Gasteiger partial charge on any atom is -0.289 e. The second kappa shape index (κ2) is 5.71. The minimum atomic E-state index is -0.495. The Bertz CT molecular complexity index is 834. The van der Waals surface area contributed by atoms with Gasteiger partial charge in [0.15, 0.2) is 5.78 Å². The van der Waals surface area contributed by atoms with Gasteiger partial charge < -0.3 is 0 Å². The molecule has 0 aliphatic carbocycles. The maximum Gasteiger partial charge on any atom is 0.188 e. The van der Waals surface area contributed by atoms with Gasteiger partial charge in [-0.3, -0.25) is 4.79 Å². The lowest BCUT2D eigenvalue weighted by atomic mass is 10.1. The quantitative estimate of drug-likeness (QED) is 0.492. The van der Waals surface area contributed by atoms with E-state index in [-0.39, 0.29) is 11.3 Å². The zero-order valence-corrected chi connectivity index (χ0v) is 11.3. The van der Waals surface area contributed by atoms with Crippen LogP contribution < -0.4 is 0 Å². The van der Waals surface area contributed by atoms with Gasteiger partial charge in [-0.1, -0.05) is 54.6 Å². The van der Waals surface area contributed by atoms with Gasteiger partial charge in [0.2, 0.25) is 0 Å². The van der Waals surface area contributed by atoms with Gasteiger partial charge in [0.1, 0.15) is 5.82 Å². The van der Waals surface area contributed by atoms with Crippen molar-refractivity contribution in [3.8, 4) is 0 Å². The largest absolute Gasteiger partial charge is 0.289 e. The van der Waals surface area contributed by atoms with Crippen LogP contribution in [0.15, 0.2) is 72.8 Å². The first kappa shape index (κ1) is 13.3. The number of carbonyl (C=O) groups excluding carboxylic acids is 1. The van der Waals surface area contributed by atoms with Crippen molar-refractivity contribution in [2.45, 2.75) is 0 Å². The predicted molar refractivity (Wildman–Crippen MR) is 83.7 cm³/mol. The number of halogens is 1. The van der Waals surface area contributed by atoms with E-state index in [2.05, 4.69) is 0 Å². The highest BCUT2D eigenvalue weighted by molar-refractivity contribution is 6.07. The maximum absolute atomic E-state index is 13.5. The van der Waals surface area contributed by atoms with Gasteiger partial charge in [0.05, 0.1) is 5.56 Å². The zero-order chi connectivity index (χ0) is 14.7. The summed E-state index contributed by atoms with van der Waals surface area (Å²) >= 11 is 0. The van der Waals surface area contributed by atoms with E-state index in [0.29, 0.717) is 0 Å². The highest BCUT2D eigenvalue weighted by atomic mass is 19.1. The van der Waals surface area contributed by atoms with Crippen molar-refractivity contribution in [1.29, 1.82) is 0 Å². The fraction of sp³-hybridized carbons (Fsp3) is 0. The predicted octanol–water partition coefficient (Wildman–Crippen LogP) is 4.88. The molecule has 0 aliphatic heterocycles. The lowest BCUT2D eigenvalue weighted by Crippen LogP contribution is -1.97. The molecule has 3 rings (SSSR count). The first-order valence-corrected chi connectivity index (χ1v) is 6.70. The molecular formula is C19H13FO. The van der Waals surface area contributed by atoms with Crippen molar-refractivity contribution in [3.63, 3.8) is 0 Å². The number of rotatable bonds is 3. The van der Waals surface area contributed by atoms with Crippen LogP contribution in [0, 0.1) is 5.82 Å². The molecule has 1 nitrogen and oxygen atoms in total. The highest BCUT2D eigenvalue weighted by Gasteiger charge is 2.06. The van der Waals surface area contributed by atoms with Gasteiger partial charge in [-0.15, -0.1) is 0 Å². The molecule has 3 aromatic carbocycles. The monoisotopic (exact) mass is 276 g/mol. The number of benzene rings is 3. The molecule has 0 saturated carbocycles. The van der Waals surface area contributed by atoms with E-state index in [1.807, 2.05) is 42.5 Å². The maximum atomic E-state index is 13.5. The van der Waals surface area contributed by atoms with E-state index in [9.17, 15) is 9.18 Å². The van der Waals surface area contributed by atoms with Crippen LogP contribution in [-0.4, -0.2) is 5.78 Å². The lowest BCUT2D eigenvalue weighted by Gasteiger charge is -2.00. The summed E-state index contributed by atoms with van der Waals surface area (Å²) in [5.41, 5.74) is 1.01. The van der Waals surface area contributed by atoms with Gasteiger partial charge in [-0.05, 0) is 40.6 Å². The van der Waals surface area contributed by atoms with Crippen LogP contribution in [-0.2, 0) is 0 Å². The van der Waals surface area contributed by atoms with E-state index < -0.39 is 5.82 Å². The van der Waals surface area contributed by atoms with Crippen LogP contribution in [0.25, 0.3) is 16.8 Å². The number of fused-ring (bicyclic) bond motifs is 1. The van der Waals surface area contributed by atoms with Crippen LogP contribution in [0.5, 0.6) is 0 Å². The molecule has 0 spiro atoms. The van der Waals surface area contributed by atoms with Gasteiger partial charge in [-0.25, -0.2) is 4.39 Å². The summed E-state index contributed by atoms with van der Waals surface area (Å²) in [4.78, 5) is 12.0. The molecule has 2 heteroatoms. The molecule has 0 radical (unpaired) electrons. The van der Waals surface area contributed by atoms with Crippen LogP contribution in [0.3, 0.4) is 0 Å².